The van der Waals surface area contributed by atoms with Crippen molar-refractivity contribution in [2.45, 2.75) is 52.0 Å². The Morgan fingerprint density at radius 3 is 2.72 bits per heavy atom. The van der Waals surface area contributed by atoms with Gasteiger partial charge in [0.15, 0.2) is 0 Å². The molecule has 0 radical (unpaired) electrons. The van der Waals surface area contributed by atoms with Crippen molar-refractivity contribution in [1.82, 2.24) is 9.97 Å². The van der Waals surface area contributed by atoms with Gasteiger partial charge in [0.25, 0.3) is 0 Å². The third kappa shape index (κ3) is 1.70. The van der Waals surface area contributed by atoms with E-state index in [1.165, 1.54) is 41.5 Å². The zero-order valence-electron chi connectivity index (χ0n) is 11.2. The fraction of sp³-hybridized carbons (Fsp3) is 0.571. The first-order valence-electron chi connectivity index (χ1n) is 6.64. The standard InChI is InChI=1S/C14H19N3S/c1-4-14(6-5-7-14)17-12-11-9(2)10(3)18-13(11)16-8-15-12/h8H,4-7H2,1-3H3,(H,15,16,17). The van der Waals surface area contributed by atoms with E-state index < -0.39 is 0 Å². The number of hydrogen-bond donors (Lipinski definition) is 1. The lowest BCUT2D eigenvalue weighted by molar-refractivity contribution is 0.269. The van der Waals surface area contributed by atoms with Crippen LogP contribution in [0.5, 0.6) is 0 Å². The quantitative estimate of drug-likeness (QED) is 0.905. The lowest BCUT2D eigenvalue weighted by Crippen LogP contribution is -2.44. The molecule has 2 aromatic heterocycles. The highest BCUT2D eigenvalue weighted by atomic mass is 32.1. The number of nitrogens with zero attached hydrogens (tertiary/aromatic N) is 2. The van der Waals surface area contributed by atoms with Gasteiger partial charge in [-0.15, -0.1) is 11.3 Å². The molecule has 1 aliphatic rings. The molecule has 1 N–H and O–H groups in total. The van der Waals surface area contributed by atoms with Crippen LogP contribution in [0.1, 0.15) is 43.0 Å². The molecule has 0 amide bonds. The van der Waals surface area contributed by atoms with Gasteiger partial charge in [0.05, 0.1) is 5.39 Å². The molecule has 3 nitrogen and oxygen atoms in total. The highest BCUT2D eigenvalue weighted by molar-refractivity contribution is 7.18. The normalized spacial score (nSPS) is 17.7. The van der Waals surface area contributed by atoms with Gasteiger partial charge in [0, 0.05) is 10.4 Å². The minimum atomic E-state index is 0.281. The van der Waals surface area contributed by atoms with Crippen LogP contribution in [0.3, 0.4) is 0 Å². The summed E-state index contributed by atoms with van der Waals surface area (Å²) in [6.45, 7) is 6.59. The highest BCUT2D eigenvalue weighted by Gasteiger charge is 2.35. The largest absolute Gasteiger partial charge is 0.364 e. The van der Waals surface area contributed by atoms with Gasteiger partial charge in [-0.1, -0.05) is 6.92 Å². The zero-order valence-corrected chi connectivity index (χ0v) is 12.0. The Bertz CT molecular complexity index is 578. The predicted octanol–water partition coefficient (Wildman–Crippen LogP) is 4.05. The van der Waals surface area contributed by atoms with E-state index in [-0.39, 0.29) is 5.54 Å². The van der Waals surface area contributed by atoms with Gasteiger partial charge >= 0.3 is 0 Å². The van der Waals surface area contributed by atoms with Crippen LogP contribution in [0.15, 0.2) is 6.33 Å². The fourth-order valence-electron chi connectivity index (χ4n) is 2.70. The van der Waals surface area contributed by atoms with Crippen LogP contribution in [0.4, 0.5) is 5.82 Å². The van der Waals surface area contributed by atoms with Crippen LogP contribution in [0.2, 0.25) is 0 Å². The van der Waals surface area contributed by atoms with E-state index in [1.54, 1.807) is 17.7 Å². The molecule has 0 bridgehead atoms. The Hall–Kier alpha value is -1.16. The molecule has 1 saturated carbocycles. The summed E-state index contributed by atoms with van der Waals surface area (Å²) in [7, 11) is 0. The predicted molar refractivity (Wildman–Crippen MR) is 77.4 cm³/mol. The van der Waals surface area contributed by atoms with Crippen molar-refractivity contribution in [3.63, 3.8) is 0 Å². The van der Waals surface area contributed by atoms with Crippen molar-refractivity contribution in [2.75, 3.05) is 5.32 Å². The smallest absolute Gasteiger partial charge is 0.138 e. The van der Waals surface area contributed by atoms with Gasteiger partial charge in [-0.2, -0.15) is 0 Å². The lowest BCUT2D eigenvalue weighted by Gasteiger charge is -2.42. The topological polar surface area (TPSA) is 37.8 Å². The Balaban J connectivity index is 2.06. The number of rotatable bonds is 3. The van der Waals surface area contributed by atoms with Crippen molar-refractivity contribution in [3.8, 4) is 0 Å². The third-order valence-electron chi connectivity index (χ3n) is 4.34. The number of aryl methyl sites for hydroxylation is 2. The molecular weight excluding hydrogens is 242 g/mol. The average Bonchev–Trinajstić information content (AvgIpc) is 2.61. The summed E-state index contributed by atoms with van der Waals surface area (Å²) < 4.78 is 0. The van der Waals surface area contributed by atoms with Gasteiger partial charge in [-0.05, 0) is 45.1 Å². The second-order valence-corrected chi connectivity index (χ2v) is 6.50. The molecule has 0 unspecified atom stereocenters. The molecule has 18 heavy (non-hydrogen) atoms. The zero-order chi connectivity index (χ0) is 12.8. The Morgan fingerprint density at radius 1 is 1.33 bits per heavy atom. The molecule has 2 heterocycles. The summed E-state index contributed by atoms with van der Waals surface area (Å²) >= 11 is 1.76. The highest BCUT2D eigenvalue weighted by Crippen LogP contribution is 2.40. The number of thiophene rings is 1. The number of fused-ring (bicyclic) bond motifs is 1. The average molecular weight is 261 g/mol. The number of hydrogen-bond acceptors (Lipinski definition) is 4. The molecule has 3 rings (SSSR count). The summed E-state index contributed by atoms with van der Waals surface area (Å²) in [5, 5.41) is 4.92. The van der Waals surface area contributed by atoms with Crippen LogP contribution in [-0.2, 0) is 0 Å². The monoisotopic (exact) mass is 261 g/mol. The second kappa shape index (κ2) is 4.19. The Morgan fingerprint density at radius 2 is 2.11 bits per heavy atom. The summed E-state index contributed by atoms with van der Waals surface area (Å²) in [6.07, 6.45) is 6.70. The summed E-state index contributed by atoms with van der Waals surface area (Å²) in [6, 6.07) is 0. The first-order valence-corrected chi connectivity index (χ1v) is 7.46. The molecule has 4 heteroatoms. The van der Waals surface area contributed by atoms with Gasteiger partial charge in [0.1, 0.15) is 17.0 Å². The Labute approximate surface area is 112 Å². The lowest BCUT2D eigenvalue weighted by atomic mass is 9.75. The summed E-state index contributed by atoms with van der Waals surface area (Å²) in [5.41, 5.74) is 1.60. The van der Waals surface area contributed by atoms with Crippen molar-refractivity contribution < 1.29 is 0 Å². The molecular formula is C14H19N3S. The maximum absolute atomic E-state index is 4.48. The van der Waals surface area contributed by atoms with Crippen molar-refractivity contribution in [3.05, 3.63) is 16.8 Å². The maximum atomic E-state index is 4.48. The van der Waals surface area contributed by atoms with E-state index in [4.69, 9.17) is 0 Å². The molecule has 2 aromatic rings. The van der Waals surface area contributed by atoms with E-state index in [9.17, 15) is 0 Å². The molecule has 0 aliphatic heterocycles. The van der Waals surface area contributed by atoms with Gasteiger partial charge in [0.2, 0.25) is 0 Å². The third-order valence-corrected chi connectivity index (χ3v) is 5.45. The van der Waals surface area contributed by atoms with Crippen LogP contribution < -0.4 is 5.32 Å². The minimum Gasteiger partial charge on any atom is -0.364 e. The van der Waals surface area contributed by atoms with E-state index in [0.29, 0.717) is 0 Å². The van der Waals surface area contributed by atoms with E-state index in [0.717, 1.165) is 10.6 Å². The molecule has 0 spiro atoms. The molecule has 96 valence electrons. The number of aromatic nitrogens is 2. The summed E-state index contributed by atoms with van der Waals surface area (Å²) in [4.78, 5) is 11.3. The van der Waals surface area contributed by atoms with E-state index >= 15 is 0 Å². The van der Waals surface area contributed by atoms with Crippen LogP contribution in [0.25, 0.3) is 10.2 Å². The molecule has 0 saturated heterocycles. The summed E-state index contributed by atoms with van der Waals surface area (Å²) in [5.74, 6) is 1.03. The van der Waals surface area contributed by atoms with E-state index in [1.807, 2.05) is 0 Å². The van der Waals surface area contributed by atoms with Gasteiger partial charge < -0.3 is 5.32 Å². The van der Waals surface area contributed by atoms with E-state index in [2.05, 4.69) is 36.1 Å². The SMILES string of the molecule is CCC1(Nc2ncnc3sc(C)c(C)c23)CCC1. The number of nitrogens with one attached hydrogen (secondary N) is 1. The first-order chi connectivity index (χ1) is 8.65. The number of anilines is 1. The van der Waals surface area contributed by atoms with Gasteiger partial charge in [-0.3, -0.25) is 0 Å². The Kier molecular flexibility index (Phi) is 2.77. The van der Waals surface area contributed by atoms with Crippen molar-refractivity contribution in [1.29, 1.82) is 0 Å². The first kappa shape index (κ1) is 11.9. The van der Waals surface area contributed by atoms with Crippen molar-refractivity contribution in [2.24, 2.45) is 0 Å². The maximum Gasteiger partial charge on any atom is 0.138 e. The van der Waals surface area contributed by atoms with Crippen LogP contribution >= 0.6 is 11.3 Å². The van der Waals surface area contributed by atoms with Gasteiger partial charge in [-0.25, -0.2) is 9.97 Å². The molecule has 1 fully saturated rings. The molecule has 0 atom stereocenters. The fourth-order valence-corrected chi connectivity index (χ4v) is 3.70. The van der Waals surface area contributed by atoms with Crippen molar-refractivity contribution >= 4 is 27.4 Å². The minimum absolute atomic E-state index is 0.281. The van der Waals surface area contributed by atoms with Crippen LogP contribution in [0, 0.1) is 13.8 Å². The van der Waals surface area contributed by atoms with Crippen LogP contribution in [-0.4, -0.2) is 15.5 Å². The molecule has 0 aromatic carbocycles. The molecule has 1 aliphatic carbocycles. The second-order valence-electron chi connectivity index (χ2n) is 5.30.